The molecule has 0 aromatic rings. The van der Waals surface area contributed by atoms with Crippen molar-refractivity contribution in [3.8, 4) is 0 Å². The van der Waals surface area contributed by atoms with Crippen molar-refractivity contribution in [1.29, 1.82) is 0 Å². The largest absolute Gasteiger partial charge is 0.352 e. The lowest BCUT2D eigenvalue weighted by atomic mass is 10.1. The quantitative estimate of drug-likeness (QED) is 0.797. The zero-order valence-electron chi connectivity index (χ0n) is 13.0. The Morgan fingerprint density at radius 2 is 1.90 bits per heavy atom. The molecule has 0 aromatic carbocycles. The predicted molar refractivity (Wildman–Crippen MR) is 82.5 cm³/mol. The number of amides is 1. The van der Waals surface area contributed by atoms with Gasteiger partial charge >= 0.3 is 0 Å². The van der Waals surface area contributed by atoms with Crippen molar-refractivity contribution < 1.29 is 13.2 Å². The van der Waals surface area contributed by atoms with Gasteiger partial charge in [0.05, 0.1) is 12.8 Å². The topological polar surface area (TPSA) is 69.7 Å². The van der Waals surface area contributed by atoms with Gasteiger partial charge in [0.15, 0.2) is 0 Å². The lowest BCUT2D eigenvalue weighted by Crippen LogP contribution is -2.51. The SMILES string of the molecule is CN(C1CCCN(CC(=O)NC2CCCC2)C1)S(C)(=O)=O. The number of carbonyl (C=O) groups excluding carboxylic acids is 1. The summed E-state index contributed by atoms with van der Waals surface area (Å²) in [6.07, 6.45) is 7.62. The average molecular weight is 317 g/mol. The van der Waals surface area contributed by atoms with Gasteiger partial charge in [-0.25, -0.2) is 12.7 Å². The lowest BCUT2D eigenvalue weighted by molar-refractivity contribution is -0.123. The summed E-state index contributed by atoms with van der Waals surface area (Å²) in [5.41, 5.74) is 0. The first-order valence-electron chi connectivity index (χ1n) is 7.81. The van der Waals surface area contributed by atoms with Crippen molar-refractivity contribution in [2.45, 2.75) is 50.6 Å². The number of likely N-dealkylation sites (tertiary alicyclic amines) is 1. The second-order valence-corrected chi connectivity index (χ2v) is 8.40. The van der Waals surface area contributed by atoms with Crippen molar-refractivity contribution in [3.63, 3.8) is 0 Å². The summed E-state index contributed by atoms with van der Waals surface area (Å²) in [6, 6.07) is 0.324. The van der Waals surface area contributed by atoms with E-state index < -0.39 is 10.0 Å². The first-order valence-corrected chi connectivity index (χ1v) is 9.66. The second-order valence-electron chi connectivity index (χ2n) is 6.36. The summed E-state index contributed by atoms with van der Waals surface area (Å²) in [7, 11) is -1.54. The molecule has 1 saturated heterocycles. The highest BCUT2D eigenvalue weighted by Crippen LogP contribution is 2.18. The van der Waals surface area contributed by atoms with E-state index in [1.54, 1.807) is 7.05 Å². The number of nitrogens with one attached hydrogen (secondary N) is 1. The smallest absolute Gasteiger partial charge is 0.234 e. The fourth-order valence-corrected chi connectivity index (χ4v) is 4.00. The minimum atomic E-state index is -3.17. The molecular weight excluding hydrogens is 290 g/mol. The second kappa shape index (κ2) is 7.07. The van der Waals surface area contributed by atoms with Gasteiger partial charge in [0.1, 0.15) is 0 Å². The van der Waals surface area contributed by atoms with Crippen LogP contribution < -0.4 is 5.32 Å². The normalized spacial score (nSPS) is 25.4. The van der Waals surface area contributed by atoms with Crippen LogP contribution in [0, 0.1) is 0 Å². The van der Waals surface area contributed by atoms with E-state index in [4.69, 9.17) is 0 Å². The van der Waals surface area contributed by atoms with E-state index in [9.17, 15) is 13.2 Å². The zero-order chi connectivity index (χ0) is 15.5. The van der Waals surface area contributed by atoms with Gasteiger partial charge in [0.2, 0.25) is 15.9 Å². The Labute approximate surface area is 127 Å². The van der Waals surface area contributed by atoms with Crippen LogP contribution in [0.1, 0.15) is 38.5 Å². The number of likely N-dealkylation sites (N-methyl/N-ethyl adjacent to an activating group) is 1. The maximum absolute atomic E-state index is 12.1. The molecule has 0 spiro atoms. The third kappa shape index (κ3) is 4.93. The fourth-order valence-electron chi connectivity index (χ4n) is 3.29. The Morgan fingerprint density at radius 3 is 2.52 bits per heavy atom. The molecule has 2 fully saturated rings. The fraction of sp³-hybridized carbons (Fsp3) is 0.929. The average Bonchev–Trinajstić information content (AvgIpc) is 2.89. The van der Waals surface area contributed by atoms with Gasteiger partial charge in [0.25, 0.3) is 0 Å². The summed E-state index contributed by atoms with van der Waals surface area (Å²) in [6.45, 7) is 1.89. The van der Waals surface area contributed by atoms with E-state index in [-0.39, 0.29) is 11.9 Å². The maximum Gasteiger partial charge on any atom is 0.234 e. The molecule has 0 radical (unpaired) electrons. The van der Waals surface area contributed by atoms with Gasteiger partial charge in [-0.1, -0.05) is 12.8 Å². The van der Waals surface area contributed by atoms with Gasteiger partial charge in [-0.3, -0.25) is 9.69 Å². The van der Waals surface area contributed by atoms with Crippen molar-refractivity contribution in [2.24, 2.45) is 0 Å². The standard InChI is InChI=1S/C14H27N3O3S/c1-16(21(2,19)20)13-8-5-9-17(10-13)11-14(18)15-12-6-3-4-7-12/h12-13H,3-11H2,1-2H3,(H,15,18). The molecule has 2 aliphatic rings. The van der Waals surface area contributed by atoms with Crippen LogP contribution in [-0.2, 0) is 14.8 Å². The van der Waals surface area contributed by atoms with E-state index in [0.29, 0.717) is 19.1 Å². The Kier molecular flexibility index (Phi) is 5.62. The van der Waals surface area contributed by atoms with Crippen molar-refractivity contribution in [2.75, 3.05) is 32.9 Å². The Hall–Kier alpha value is -0.660. The van der Waals surface area contributed by atoms with Crippen LogP contribution in [-0.4, -0.2) is 68.6 Å². The third-order valence-corrected chi connectivity index (χ3v) is 5.95. The molecule has 0 aromatic heterocycles. The Balaban J connectivity index is 1.82. The number of carbonyl (C=O) groups is 1. The molecule has 1 aliphatic heterocycles. The molecule has 0 bridgehead atoms. The van der Waals surface area contributed by atoms with Crippen molar-refractivity contribution >= 4 is 15.9 Å². The molecule has 2 rings (SSSR count). The van der Waals surface area contributed by atoms with E-state index in [2.05, 4.69) is 10.2 Å². The number of sulfonamides is 1. The first kappa shape index (κ1) is 16.7. The number of hydrogen-bond acceptors (Lipinski definition) is 4. The van der Waals surface area contributed by atoms with E-state index in [0.717, 1.165) is 32.2 Å². The first-order chi connectivity index (χ1) is 9.86. The highest BCUT2D eigenvalue weighted by Gasteiger charge is 2.29. The van der Waals surface area contributed by atoms with Gasteiger partial charge in [-0.05, 0) is 32.2 Å². The molecule has 21 heavy (non-hydrogen) atoms. The summed E-state index contributed by atoms with van der Waals surface area (Å²) in [5.74, 6) is 0.0737. The Morgan fingerprint density at radius 1 is 1.24 bits per heavy atom. The van der Waals surface area contributed by atoms with E-state index in [1.807, 2.05) is 0 Å². The lowest BCUT2D eigenvalue weighted by Gasteiger charge is -2.36. The maximum atomic E-state index is 12.1. The van der Waals surface area contributed by atoms with Crippen LogP contribution in [0.3, 0.4) is 0 Å². The number of hydrogen-bond donors (Lipinski definition) is 1. The molecule has 1 heterocycles. The van der Waals surface area contributed by atoms with Crippen LogP contribution in [0.5, 0.6) is 0 Å². The van der Waals surface area contributed by atoms with Gasteiger partial charge in [-0.15, -0.1) is 0 Å². The minimum absolute atomic E-state index is 0.0203. The number of rotatable bonds is 5. The van der Waals surface area contributed by atoms with Crippen LogP contribution >= 0.6 is 0 Å². The van der Waals surface area contributed by atoms with Crippen LogP contribution in [0.4, 0.5) is 0 Å². The molecule has 1 aliphatic carbocycles. The van der Waals surface area contributed by atoms with E-state index in [1.165, 1.54) is 23.4 Å². The van der Waals surface area contributed by atoms with Crippen molar-refractivity contribution in [3.05, 3.63) is 0 Å². The number of piperidine rings is 1. The van der Waals surface area contributed by atoms with E-state index >= 15 is 0 Å². The van der Waals surface area contributed by atoms with Crippen LogP contribution in [0.25, 0.3) is 0 Å². The summed E-state index contributed by atoms with van der Waals surface area (Å²) < 4.78 is 24.7. The molecule has 1 amide bonds. The number of nitrogens with zero attached hydrogens (tertiary/aromatic N) is 2. The zero-order valence-corrected chi connectivity index (χ0v) is 13.9. The molecule has 6 nitrogen and oxygen atoms in total. The minimum Gasteiger partial charge on any atom is -0.352 e. The summed E-state index contributed by atoms with van der Waals surface area (Å²) >= 11 is 0. The van der Waals surface area contributed by atoms with Crippen molar-refractivity contribution in [1.82, 2.24) is 14.5 Å². The Bertz CT molecular complexity index is 460. The van der Waals surface area contributed by atoms with Gasteiger partial charge < -0.3 is 5.32 Å². The van der Waals surface area contributed by atoms with Crippen LogP contribution in [0.2, 0.25) is 0 Å². The predicted octanol–water partition coefficient (Wildman–Crippen LogP) is 0.401. The highest BCUT2D eigenvalue weighted by atomic mass is 32.2. The molecular formula is C14H27N3O3S. The third-order valence-electron chi connectivity index (χ3n) is 4.61. The monoisotopic (exact) mass is 317 g/mol. The molecule has 1 unspecified atom stereocenters. The van der Waals surface area contributed by atoms with Gasteiger partial charge in [-0.2, -0.15) is 0 Å². The molecule has 122 valence electrons. The van der Waals surface area contributed by atoms with Crippen LogP contribution in [0.15, 0.2) is 0 Å². The van der Waals surface area contributed by atoms with Gasteiger partial charge in [0, 0.05) is 25.7 Å². The highest BCUT2D eigenvalue weighted by molar-refractivity contribution is 7.88. The molecule has 1 N–H and O–H groups in total. The molecule has 1 saturated carbocycles. The molecule has 1 atom stereocenters. The summed E-state index contributed by atoms with van der Waals surface area (Å²) in [4.78, 5) is 14.1. The summed E-state index contributed by atoms with van der Waals surface area (Å²) in [5, 5.41) is 3.09. The molecule has 7 heteroatoms.